The zero-order valence-electron chi connectivity index (χ0n) is 13.9. The molecule has 25 heavy (non-hydrogen) atoms. The number of hydrogen-bond donors (Lipinski definition) is 6. The van der Waals surface area contributed by atoms with Crippen molar-refractivity contribution in [3.8, 4) is 0 Å². The molecule has 4 atom stereocenters. The molecule has 0 heterocycles. The molecular weight excluding hydrogens is 379 g/mol. The van der Waals surface area contributed by atoms with Crippen molar-refractivity contribution in [2.24, 2.45) is 9.87 Å². The fourth-order valence-corrected chi connectivity index (χ4v) is 4.35. The lowest BCUT2D eigenvalue weighted by molar-refractivity contribution is -0.141. The highest BCUT2D eigenvalue weighted by molar-refractivity contribution is 7.95. The van der Waals surface area contributed by atoms with E-state index in [0.717, 1.165) is 6.26 Å². The second-order valence-electron chi connectivity index (χ2n) is 5.45. The van der Waals surface area contributed by atoms with Crippen molar-refractivity contribution in [2.45, 2.75) is 38.4 Å². The number of rotatable bonds is 9. The van der Waals surface area contributed by atoms with E-state index in [1.54, 1.807) is 0 Å². The van der Waals surface area contributed by atoms with E-state index in [0.29, 0.717) is 0 Å². The van der Waals surface area contributed by atoms with Crippen LogP contribution in [0.4, 0.5) is 0 Å². The van der Waals surface area contributed by atoms with Crippen LogP contribution in [-0.4, -0.2) is 67.0 Å². The normalized spacial score (nSPS) is 17.5. The van der Waals surface area contributed by atoms with Crippen molar-refractivity contribution >= 4 is 35.3 Å². The molecule has 0 radical (unpaired) electrons. The van der Waals surface area contributed by atoms with E-state index in [4.69, 9.17) is 20.6 Å². The molecule has 0 bridgehead atoms. The largest absolute Gasteiger partial charge is 0.480 e. The fourth-order valence-electron chi connectivity index (χ4n) is 1.53. The lowest BCUT2D eigenvalue weighted by Crippen LogP contribution is -2.52. The van der Waals surface area contributed by atoms with Gasteiger partial charge in [-0.15, -0.1) is 4.13 Å². The highest BCUT2D eigenvalue weighted by atomic mass is 32.2. The van der Waals surface area contributed by atoms with E-state index in [1.807, 2.05) is 0 Å². The summed E-state index contributed by atoms with van der Waals surface area (Å²) in [6.45, 7) is 2.57. The molecule has 0 aromatic carbocycles. The number of amides is 2. The number of nitrogens with zero attached hydrogens (tertiary/aromatic N) is 1. The quantitative estimate of drug-likeness (QED) is 0.235. The summed E-state index contributed by atoms with van der Waals surface area (Å²) in [4.78, 5) is 51.6. The average Bonchev–Trinajstić information content (AvgIpc) is 2.41. The minimum atomic E-state index is -4.82. The van der Waals surface area contributed by atoms with E-state index in [1.165, 1.54) is 13.8 Å². The van der Waals surface area contributed by atoms with E-state index in [2.05, 4.69) is 14.8 Å². The number of nitrogens with two attached hydrogens (primary N) is 1. The van der Waals surface area contributed by atoms with E-state index < -0.39 is 53.4 Å². The van der Waals surface area contributed by atoms with Gasteiger partial charge in [-0.25, -0.2) is 8.77 Å². The molecule has 0 aliphatic heterocycles. The van der Waals surface area contributed by atoms with E-state index in [9.17, 15) is 23.2 Å². The van der Waals surface area contributed by atoms with Crippen LogP contribution in [0, 0.1) is 0 Å². The molecule has 0 aliphatic rings. The summed E-state index contributed by atoms with van der Waals surface area (Å²) in [7, 11) is -8.05. The van der Waals surface area contributed by atoms with Gasteiger partial charge in [0, 0.05) is 12.0 Å². The average molecular weight is 402 g/mol. The van der Waals surface area contributed by atoms with Crippen LogP contribution < -0.4 is 16.4 Å². The Balaban J connectivity index is 4.64. The third kappa shape index (κ3) is 10.1. The molecular formula is C11H23N4O8PS. The Bertz CT molecular complexity index is 684. The van der Waals surface area contributed by atoms with Gasteiger partial charge in [-0.2, -0.15) is 0 Å². The Hall–Kier alpha value is -1.53. The summed E-state index contributed by atoms with van der Waals surface area (Å²) in [5, 5.41) is 13.1. The van der Waals surface area contributed by atoms with Gasteiger partial charge in [-0.05, 0) is 20.3 Å². The molecule has 0 fully saturated rings. The first-order chi connectivity index (χ1) is 11.1. The second kappa shape index (κ2) is 9.25. The number of carbonyl (C=O) groups excluding carboxylic acids is 2. The molecule has 0 saturated carbocycles. The number of carbonyl (C=O) groups is 3. The molecule has 12 nitrogen and oxygen atoms in total. The lowest BCUT2D eigenvalue weighted by atomic mass is 10.2. The molecule has 0 aromatic rings. The number of hydrogen-bond acceptors (Lipinski definition) is 6. The number of aliphatic carboxylic acids is 1. The van der Waals surface area contributed by atoms with Crippen molar-refractivity contribution in [2.75, 3.05) is 12.0 Å². The van der Waals surface area contributed by atoms with Crippen LogP contribution >= 0.6 is 7.75 Å². The Morgan fingerprint density at radius 3 is 2.08 bits per heavy atom. The van der Waals surface area contributed by atoms with Gasteiger partial charge in [0.05, 0.1) is 15.8 Å². The Morgan fingerprint density at radius 2 is 1.64 bits per heavy atom. The van der Waals surface area contributed by atoms with Gasteiger partial charge >= 0.3 is 13.7 Å². The topological polar surface area (TPSA) is 208 Å². The predicted molar refractivity (Wildman–Crippen MR) is 88.8 cm³/mol. The van der Waals surface area contributed by atoms with Gasteiger partial charge in [0.1, 0.15) is 12.1 Å². The van der Waals surface area contributed by atoms with Gasteiger partial charge in [-0.1, -0.05) is 0 Å². The molecule has 14 heteroatoms. The SMILES string of the molecule is C[C@H](NC(=O)[C@H](C)NC(=O)[C@@H](N)CCS(C)(=O)=NP(=O)(O)O)C(=O)O. The zero-order valence-corrected chi connectivity index (χ0v) is 15.6. The molecule has 1 unspecified atom stereocenters. The van der Waals surface area contributed by atoms with Crippen LogP contribution in [0.1, 0.15) is 20.3 Å². The summed E-state index contributed by atoms with van der Waals surface area (Å²) in [6.07, 6.45) is 0.838. The summed E-state index contributed by atoms with van der Waals surface area (Å²) in [6, 6.07) is -3.40. The molecule has 0 rings (SSSR count). The summed E-state index contributed by atoms with van der Waals surface area (Å²) in [5.74, 6) is -3.07. The molecule has 7 N–H and O–H groups in total. The van der Waals surface area contributed by atoms with Crippen molar-refractivity contribution in [1.29, 1.82) is 0 Å². The molecule has 0 spiro atoms. The first-order valence-electron chi connectivity index (χ1n) is 7.00. The number of nitrogens with one attached hydrogen (secondary N) is 2. The summed E-state index contributed by atoms with van der Waals surface area (Å²) >= 11 is 0. The fraction of sp³-hybridized carbons (Fsp3) is 0.727. The Morgan fingerprint density at radius 1 is 1.16 bits per heavy atom. The molecule has 0 saturated heterocycles. The van der Waals surface area contributed by atoms with Crippen LogP contribution in [0.25, 0.3) is 0 Å². The summed E-state index contributed by atoms with van der Waals surface area (Å²) < 4.78 is 25.5. The Kier molecular flexibility index (Phi) is 8.68. The van der Waals surface area contributed by atoms with Crippen LogP contribution in [0.2, 0.25) is 0 Å². The highest BCUT2D eigenvalue weighted by Crippen LogP contribution is 2.37. The standard InChI is InChI=1S/C11H23N4O8PS/c1-6(9(16)14-7(2)11(18)19)13-10(17)8(12)4-5-25(3,23)15-24(20,21)22/h6-8H,4-5,12H2,1-3H3,(H,13,17)(H,14,16)(H,18,19)(H2,20,21,22)/t6-,7-,8-,25?/m0/s1. The smallest absolute Gasteiger partial charge is 0.456 e. The van der Waals surface area contributed by atoms with Gasteiger partial charge < -0.3 is 31.3 Å². The van der Waals surface area contributed by atoms with Crippen LogP contribution in [0.5, 0.6) is 0 Å². The van der Waals surface area contributed by atoms with E-state index in [-0.39, 0.29) is 12.2 Å². The van der Waals surface area contributed by atoms with Crippen molar-refractivity contribution in [1.82, 2.24) is 10.6 Å². The number of carboxylic acid groups (broad SMARTS) is 1. The lowest BCUT2D eigenvalue weighted by Gasteiger charge is -2.18. The van der Waals surface area contributed by atoms with Crippen molar-refractivity contribution < 1.29 is 38.1 Å². The third-order valence-corrected chi connectivity index (χ3v) is 6.13. The minimum absolute atomic E-state index is 0.190. The molecule has 2 amide bonds. The first-order valence-corrected chi connectivity index (χ1v) is 10.7. The minimum Gasteiger partial charge on any atom is -0.480 e. The zero-order chi connectivity index (χ0) is 20.0. The predicted octanol–water partition coefficient (Wildman–Crippen LogP) is -2.01. The second-order valence-corrected chi connectivity index (χ2v) is 9.46. The third-order valence-electron chi connectivity index (χ3n) is 2.90. The maximum atomic E-state index is 11.9. The van der Waals surface area contributed by atoms with Gasteiger partial charge in [0.25, 0.3) is 0 Å². The molecule has 0 aromatic heterocycles. The molecule has 146 valence electrons. The van der Waals surface area contributed by atoms with Gasteiger partial charge in [0.15, 0.2) is 0 Å². The Labute approximate surface area is 144 Å². The van der Waals surface area contributed by atoms with Crippen molar-refractivity contribution in [3.05, 3.63) is 0 Å². The number of carboxylic acids is 1. The summed E-state index contributed by atoms with van der Waals surface area (Å²) in [5.41, 5.74) is 5.59. The van der Waals surface area contributed by atoms with Gasteiger partial charge in [-0.3, -0.25) is 14.4 Å². The van der Waals surface area contributed by atoms with Crippen LogP contribution in [-0.2, 0) is 28.7 Å². The molecule has 0 aliphatic carbocycles. The maximum absolute atomic E-state index is 11.9. The monoisotopic (exact) mass is 402 g/mol. The van der Waals surface area contributed by atoms with Crippen LogP contribution in [0.3, 0.4) is 0 Å². The van der Waals surface area contributed by atoms with Crippen LogP contribution in [0.15, 0.2) is 4.13 Å². The highest BCUT2D eigenvalue weighted by Gasteiger charge is 2.24. The van der Waals surface area contributed by atoms with Crippen molar-refractivity contribution in [3.63, 3.8) is 0 Å². The maximum Gasteiger partial charge on any atom is 0.456 e. The first kappa shape index (κ1) is 23.5. The van der Waals surface area contributed by atoms with E-state index >= 15 is 0 Å². The van der Waals surface area contributed by atoms with Gasteiger partial charge in [0.2, 0.25) is 11.8 Å².